The van der Waals surface area contributed by atoms with E-state index in [-0.39, 0.29) is 13.2 Å². The van der Waals surface area contributed by atoms with E-state index < -0.39 is 62.1 Å². The summed E-state index contributed by atoms with van der Waals surface area (Å²) >= 11 is 0. The monoisotopic (exact) mass is 900 g/mol. The van der Waals surface area contributed by atoms with Crippen LogP contribution in [-0.4, -0.2) is 115 Å². The summed E-state index contributed by atoms with van der Waals surface area (Å²) in [7, 11) is -26.9. The second-order valence-electron chi connectivity index (χ2n) is 9.28. The third kappa shape index (κ3) is 17.7. The number of ether oxygens (including phenoxy) is 2. The van der Waals surface area contributed by atoms with Gasteiger partial charge in [-0.3, -0.25) is 0 Å². The molecule has 0 unspecified atom stereocenters. The molecule has 2 aromatic rings. The Morgan fingerprint density at radius 3 is 0.981 bits per heavy atom. The highest BCUT2D eigenvalue weighted by atomic mass is 32.3. The SMILES string of the molecule is O=S(=O)([N-]S(=O)(=O)C(F)(F)F)C(F)(F)F.O=S(=O)([N-]S(=O)(=O)C(F)(F)F)C(F)(F)F.OCC[n+]1ccn(CCOCCOCCn2cc[n+](CCO)c2)c1. The molecule has 2 rings (SSSR count). The maximum Gasteiger partial charge on any atom is 0.480 e. The highest BCUT2D eigenvalue weighted by Crippen LogP contribution is 2.37. The van der Waals surface area contributed by atoms with Crippen molar-refractivity contribution in [2.75, 3.05) is 39.6 Å². The summed E-state index contributed by atoms with van der Waals surface area (Å²) in [6, 6.07) is 0. The summed E-state index contributed by atoms with van der Waals surface area (Å²) in [6.07, 6.45) is 11.7. The zero-order valence-corrected chi connectivity index (χ0v) is 29.6. The van der Waals surface area contributed by atoms with E-state index in [1.54, 1.807) is 0 Å². The Morgan fingerprint density at radius 1 is 0.500 bits per heavy atom. The van der Waals surface area contributed by atoms with Crippen molar-refractivity contribution >= 4 is 40.1 Å². The van der Waals surface area contributed by atoms with Crippen molar-refractivity contribution in [3.05, 3.63) is 45.7 Å². The predicted molar refractivity (Wildman–Crippen MR) is 152 cm³/mol. The number of imidazole rings is 2. The van der Waals surface area contributed by atoms with Crippen molar-refractivity contribution in [1.82, 2.24) is 9.13 Å². The van der Waals surface area contributed by atoms with Gasteiger partial charge in [0.15, 0.2) is 40.1 Å². The van der Waals surface area contributed by atoms with Gasteiger partial charge in [-0.1, -0.05) is 0 Å². The quantitative estimate of drug-likeness (QED) is 0.127. The zero-order valence-electron chi connectivity index (χ0n) is 26.4. The van der Waals surface area contributed by atoms with Gasteiger partial charge < -0.3 is 27.9 Å². The number of rotatable bonds is 17. The van der Waals surface area contributed by atoms with Gasteiger partial charge in [0.2, 0.25) is 12.7 Å². The minimum Gasteiger partial charge on any atom is -0.421 e. The molecule has 0 aromatic carbocycles. The molecule has 0 saturated heterocycles. The Balaban J connectivity index is 0.000000822. The summed E-state index contributed by atoms with van der Waals surface area (Å²) in [5.41, 5.74) is -24.8. The molecule has 0 radical (unpaired) electrons. The van der Waals surface area contributed by atoms with Crippen LogP contribution in [0.1, 0.15) is 0 Å². The van der Waals surface area contributed by atoms with Gasteiger partial charge in [-0.2, -0.15) is 52.7 Å². The van der Waals surface area contributed by atoms with Crippen LogP contribution < -0.4 is 9.13 Å². The van der Waals surface area contributed by atoms with E-state index in [0.29, 0.717) is 39.5 Å². The van der Waals surface area contributed by atoms with E-state index in [1.165, 1.54) is 0 Å². The van der Waals surface area contributed by atoms with E-state index in [4.69, 9.17) is 19.7 Å². The Labute approximate surface area is 297 Å². The summed E-state index contributed by atoms with van der Waals surface area (Å²) in [5, 5.41) is 17.7. The van der Waals surface area contributed by atoms with Gasteiger partial charge in [0.25, 0.3) is 0 Å². The number of alkyl halides is 12. The Morgan fingerprint density at radius 2 is 0.759 bits per heavy atom. The topological polar surface area (TPSA) is 241 Å². The lowest BCUT2D eigenvalue weighted by atomic mass is 10.6. The second kappa shape index (κ2) is 20.3. The molecule has 0 bridgehead atoms. The van der Waals surface area contributed by atoms with Gasteiger partial charge in [0.05, 0.1) is 39.6 Å². The Kier molecular flexibility index (Phi) is 19.3. The van der Waals surface area contributed by atoms with E-state index in [1.807, 2.05) is 55.7 Å². The molecule has 34 heteroatoms. The van der Waals surface area contributed by atoms with E-state index in [2.05, 4.69) is 0 Å². The van der Waals surface area contributed by atoms with Crippen molar-refractivity contribution in [2.45, 2.75) is 48.2 Å². The molecule has 2 N–H and O–H groups in total. The van der Waals surface area contributed by atoms with Crippen molar-refractivity contribution in [1.29, 1.82) is 0 Å². The molecule has 0 saturated carbocycles. The first-order chi connectivity index (χ1) is 24.2. The summed E-state index contributed by atoms with van der Waals surface area (Å²) in [4.78, 5) is 0. The van der Waals surface area contributed by atoms with E-state index in [0.717, 1.165) is 21.3 Å². The molecule has 0 amide bonds. The van der Waals surface area contributed by atoms with Crippen LogP contribution in [0.5, 0.6) is 0 Å². The number of hydrogen-bond acceptors (Lipinski definition) is 12. The molecule has 318 valence electrons. The molecule has 18 nitrogen and oxygen atoms in total. The second-order valence-corrected chi connectivity index (χ2v) is 16.1. The first-order valence-corrected chi connectivity index (χ1v) is 19.2. The van der Waals surface area contributed by atoms with Gasteiger partial charge in [0.1, 0.15) is 51.0 Å². The fraction of sp³-hybridized carbons (Fsp3) is 0.700. The van der Waals surface area contributed by atoms with Crippen molar-refractivity contribution in [2.24, 2.45) is 0 Å². The lowest BCUT2D eigenvalue weighted by molar-refractivity contribution is -0.697. The minimum absolute atomic E-state index is 0.146. The van der Waals surface area contributed by atoms with Crippen molar-refractivity contribution in [3.63, 3.8) is 0 Å². The van der Waals surface area contributed by atoms with Gasteiger partial charge >= 0.3 is 22.0 Å². The molecule has 0 atom stereocenters. The number of aliphatic hydroxyl groups excluding tert-OH is 2. The lowest BCUT2D eigenvalue weighted by Gasteiger charge is -2.22. The van der Waals surface area contributed by atoms with Crippen molar-refractivity contribution in [3.8, 4) is 0 Å². The lowest BCUT2D eigenvalue weighted by Crippen LogP contribution is -2.33. The number of aliphatic hydroxyl groups is 2. The van der Waals surface area contributed by atoms with Crippen LogP contribution in [-0.2, 0) is 75.7 Å². The third-order valence-corrected chi connectivity index (χ3v) is 10.6. The molecule has 0 fully saturated rings. The van der Waals surface area contributed by atoms with E-state index in [9.17, 15) is 86.4 Å². The van der Waals surface area contributed by atoms with Crippen LogP contribution in [0, 0.1) is 0 Å². The molecular weight excluding hydrogens is 872 g/mol. The van der Waals surface area contributed by atoms with Gasteiger partial charge in [-0.15, -0.1) is 0 Å². The molecule has 0 aliphatic carbocycles. The average molecular weight is 901 g/mol. The van der Waals surface area contributed by atoms with Crippen LogP contribution in [0.15, 0.2) is 37.4 Å². The fourth-order valence-electron chi connectivity index (χ4n) is 2.73. The van der Waals surface area contributed by atoms with E-state index >= 15 is 0 Å². The van der Waals surface area contributed by atoms with Crippen LogP contribution >= 0.6 is 0 Å². The smallest absolute Gasteiger partial charge is 0.421 e. The Hall–Kier alpha value is -2.86. The highest BCUT2D eigenvalue weighted by molar-refractivity contribution is 8.13. The largest absolute Gasteiger partial charge is 0.480 e. The Bertz CT molecular complexity index is 1660. The summed E-state index contributed by atoms with van der Waals surface area (Å²) in [5.74, 6) is 0. The maximum absolute atomic E-state index is 11.4. The van der Waals surface area contributed by atoms with Gasteiger partial charge in [0, 0.05) is 0 Å². The van der Waals surface area contributed by atoms with Crippen LogP contribution in [0.2, 0.25) is 0 Å². The maximum atomic E-state index is 11.4. The normalized spacial score (nSPS) is 13.5. The number of nitrogens with zero attached hydrogens (tertiary/aromatic N) is 6. The highest BCUT2D eigenvalue weighted by Gasteiger charge is 2.48. The fourth-order valence-corrected chi connectivity index (χ4v) is 6.15. The predicted octanol–water partition coefficient (Wildman–Crippen LogP) is 0.701. The number of aromatic nitrogens is 4. The molecule has 0 spiro atoms. The average Bonchev–Trinajstić information content (AvgIpc) is 3.61. The first kappa shape index (κ1) is 51.1. The first-order valence-electron chi connectivity index (χ1n) is 13.4. The van der Waals surface area contributed by atoms with Gasteiger partial charge in [-0.05, 0) is 0 Å². The summed E-state index contributed by atoms with van der Waals surface area (Å²) in [6.45, 7) is 5.51. The third-order valence-electron chi connectivity index (χ3n) is 5.13. The van der Waals surface area contributed by atoms with Crippen LogP contribution in [0.25, 0.3) is 8.25 Å². The molecule has 0 aliphatic heterocycles. The molecular formula is C20H28F12N6O12S4. The van der Waals surface area contributed by atoms with Crippen LogP contribution in [0.3, 0.4) is 0 Å². The zero-order chi connectivity index (χ0) is 42.5. The standard InChI is InChI=1S/C16H28N4O4.2C2F6NO4S2/c21-9-5-17-1-3-19(15-17)7-11-23-13-14-24-12-8-20-4-2-18(16-20)6-10-22;2*3-1(4,5)14(10,11)9-15(12,13)2(6,7)8/h1-4,15-16,21-22H,5-14H2;;/q+2;2*-1. The van der Waals surface area contributed by atoms with Crippen LogP contribution in [0.4, 0.5) is 52.7 Å². The molecule has 2 heterocycles. The number of halogens is 12. The minimum atomic E-state index is -6.72. The molecule has 54 heavy (non-hydrogen) atoms. The molecule has 2 aromatic heterocycles. The van der Waals surface area contributed by atoms with Crippen molar-refractivity contribution < 1.29 is 115 Å². The summed E-state index contributed by atoms with van der Waals surface area (Å²) < 4.78 is 237. The number of sulfonamides is 4. The number of hydrogen-bond donors (Lipinski definition) is 2. The van der Waals surface area contributed by atoms with Gasteiger partial charge in [-0.25, -0.2) is 51.9 Å². The molecule has 0 aliphatic rings.